The molecule has 3 aromatic carbocycles. The van der Waals surface area contributed by atoms with E-state index in [9.17, 15) is 15.0 Å². The predicted octanol–water partition coefficient (Wildman–Crippen LogP) is 7.90. The van der Waals surface area contributed by atoms with Crippen LogP contribution >= 0.6 is 12.6 Å². The van der Waals surface area contributed by atoms with Gasteiger partial charge in [0.05, 0.1) is 23.2 Å². The summed E-state index contributed by atoms with van der Waals surface area (Å²) in [6.07, 6.45) is 7.61. The Morgan fingerprint density at radius 1 is 1.00 bits per heavy atom. The van der Waals surface area contributed by atoms with Gasteiger partial charge in [-0.3, -0.25) is 4.79 Å². The maximum Gasteiger partial charge on any atom is 0.303 e. The number of pyridine rings is 1. The Kier molecular flexibility index (Phi) is 8.16. The molecule has 40 heavy (non-hydrogen) atoms. The first-order valence-corrected chi connectivity index (χ1v) is 14.5. The summed E-state index contributed by atoms with van der Waals surface area (Å²) in [5, 5.41) is 21.4. The lowest BCUT2D eigenvalue weighted by atomic mass is 9.79. The van der Waals surface area contributed by atoms with Crippen LogP contribution in [0.2, 0.25) is 0 Å². The number of aliphatic hydroxyl groups is 1. The summed E-state index contributed by atoms with van der Waals surface area (Å²) in [6, 6.07) is 28.7. The number of thiol groups is 1. The first-order chi connectivity index (χ1) is 19.1. The molecule has 1 aromatic heterocycles. The summed E-state index contributed by atoms with van der Waals surface area (Å²) in [7, 11) is 0. The Labute approximate surface area is 242 Å². The van der Waals surface area contributed by atoms with Crippen LogP contribution in [0.4, 0.5) is 0 Å². The highest BCUT2D eigenvalue weighted by Crippen LogP contribution is 2.58. The summed E-state index contributed by atoms with van der Waals surface area (Å²) in [5.41, 5.74) is 4.91. The molecule has 5 rings (SSSR count). The van der Waals surface area contributed by atoms with Gasteiger partial charge in [-0.25, -0.2) is 4.98 Å². The molecule has 2 atom stereocenters. The van der Waals surface area contributed by atoms with Crippen LogP contribution in [-0.2, 0) is 16.8 Å². The third kappa shape index (κ3) is 6.48. The van der Waals surface area contributed by atoms with Gasteiger partial charge in [0.1, 0.15) is 0 Å². The van der Waals surface area contributed by atoms with Gasteiger partial charge in [-0.1, -0.05) is 78.9 Å². The lowest BCUT2D eigenvalue weighted by Gasteiger charge is -2.31. The molecule has 206 valence electrons. The molecule has 1 fully saturated rings. The van der Waals surface area contributed by atoms with E-state index in [1.54, 1.807) is 0 Å². The number of aromatic nitrogens is 1. The molecular weight excluding hydrogens is 514 g/mol. The highest BCUT2D eigenvalue weighted by Gasteiger charge is 2.51. The monoisotopic (exact) mass is 551 g/mol. The first kappa shape index (κ1) is 28.1. The molecule has 4 aromatic rings. The number of para-hydroxylation sites is 1. The molecular formula is C35H37NO3S. The van der Waals surface area contributed by atoms with Crippen molar-refractivity contribution in [3.05, 3.63) is 113 Å². The third-order valence-electron chi connectivity index (χ3n) is 8.21. The number of aliphatic carboxylic acids is 1. The van der Waals surface area contributed by atoms with E-state index >= 15 is 0 Å². The van der Waals surface area contributed by atoms with Crippen LogP contribution in [0.5, 0.6) is 0 Å². The SMILES string of the molecule is CC(C)(O)c1ccccc1CC[C@H](c1cccc(/C=C/c2ccc3ccccc3n2)c1)C(S)C1(CC(=O)O)CC1. The Hall–Kier alpha value is -3.41. The van der Waals surface area contributed by atoms with Gasteiger partial charge in [0, 0.05) is 10.6 Å². The highest BCUT2D eigenvalue weighted by atomic mass is 32.1. The predicted molar refractivity (Wildman–Crippen MR) is 167 cm³/mol. The maximum atomic E-state index is 11.7. The van der Waals surface area contributed by atoms with Crippen LogP contribution in [-0.4, -0.2) is 26.4 Å². The summed E-state index contributed by atoms with van der Waals surface area (Å²) in [5.74, 6) is -0.700. The second kappa shape index (κ2) is 11.6. The van der Waals surface area contributed by atoms with Crippen molar-refractivity contribution < 1.29 is 15.0 Å². The number of hydrogen-bond donors (Lipinski definition) is 3. The second-order valence-electron chi connectivity index (χ2n) is 11.7. The number of nitrogens with zero attached hydrogens (tertiary/aromatic N) is 1. The van der Waals surface area contributed by atoms with Crippen LogP contribution in [0, 0.1) is 5.41 Å². The fourth-order valence-corrected chi connectivity index (χ4v) is 6.54. The summed E-state index contributed by atoms with van der Waals surface area (Å²) in [4.78, 5) is 16.5. The summed E-state index contributed by atoms with van der Waals surface area (Å²) in [6.45, 7) is 3.63. The van der Waals surface area contributed by atoms with Gasteiger partial charge in [-0.05, 0) is 91.3 Å². The minimum atomic E-state index is -0.936. The zero-order valence-corrected chi connectivity index (χ0v) is 24.0. The van der Waals surface area contributed by atoms with E-state index in [-0.39, 0.29) is 23.0 Å². The molecule has 0 spiro atoms. The van der Waals surface area contributed by atoms with Gasteiger partial charge < -0.3 is 10.2 Å². The number of aryl methyl sites for hydroxylation is 1. The number of carboxylic acids is 1. The quantitative estimate of drug-likeness (QED) is 0.166. The molecule has 1 aliphatic rings. The average molecular weight is 552 g/mol. The van der Waals surface area contributed by atoms with Gasteiger partial charge in [0.2, 0.25) is 0 Å². The number of carbonyl (C=O) groups is 1. The Bertz CT molecular complexity index is 1530. The molecule has 1 heterocycles. The molecule has 0 amide bonds. The standard InChI is InChI=1S/C35H37NO3S/c1-34(2,39)30-12-5-3-9-25(30)16-19-29(33(40)35(20-21-35)23-32(37)38)27-11-7-8-24(22-27)14-17-28-18-15-26-10-4-6-13-31(26)36-28/h3-15,17-18,22,29,33,39-40H,16,19-21,23H2,1-2H3,(H,37,38)/b17-14+/t29-,33?/m1/s1. The van der Waals surface area contributed by atoms with Crippen molar-refractivity contribution in [1.82, 2.24) is 4.98 Å². The molecule has 0 radical (unpaired) electrons. The van der Waals surface area contributed by atoms with Gasteiger partial charge in [-0.2, -0.15) is 12.6 Å². The molecule has 0 saturated heterocycles. The van der Waals surface area contributed by atoms with Crippen molar-refractivity contribution in [2.24, 2.45) is 5.41 Å². The van der Waals surface area contributed by atoms with Gasteiger partial charge in [0.15, 0.2) is 0 Å². The lowest BCUT2D eigenvalue weighted by molar-refractivity contribution is -0.138. The number of benzene rings is 3. The average Bonchev–Trinajstić information content (AvgIpc) is 3.71. The Morgan fingerprint density at radius 2 is 1.75 bits per heavy atom. The van der Waals surface area contributed by atoms with Crippen molar-refractivity contribution in [2.75, 3.05) is 0 Å². The minimum Gasteiger partial charge on any atom is -0.481 e. The lowest BCUT2D eigenvalue weighted by Crippen LogP contribution is -2.27. The largest absolute Gasteiger partial charge is 0.481 e. The maximum absolute atomic E-state index is 11.7. The van der Waals surface area contributed by atoms with E-state index in [4.69, 9.17) is 17.6 Å². The van der Waals surface area contributed by atoms with Gasteiger partial charge in [0.25, 0.3) is 0 Å². The van der Waals surface area contributed by atoms with Crippen molar-refractivity contribution in [3.8, 4) is 0 Å². The summed E-state index contributed by atoms with van der Waals surface area (Å²) >= 11 is 5.12. The smallest absolute Gasteiger partial charge is 0.303 e. The van der Waals surface area contributed by atoms with Crippen molar-refractivity contribution in [3.63, 3.8) is 0 Å². The van der Waals surface area contributed by atoms with Crippen LogP contribution in [0.25, 0.3) is 23.1 Å². The highest BCUT2D eigenvalue weighted by molar-refractivity contribution is 7.81. The fraction of sp³-hybridized carbons (Fsp3) is 0.314. The molecule has 0 aliphatic heterocycles. The number of carboxylic acid groups (broad SMARTS) is 1. The second-order valence-corrected chi connectivity index (χ2v) is 12.2. The van der Waals surface area contributed by atoms with Crippen molar-refractivity contribution in [1.29, 1.82) is 0 Å². The van der Waals surface area contributed by atoms with Crippen LogP contribution < -0.4 is 0 Å². The van der Waals surface area contributed by atoms with Gasteiger partial charge >= 0.3 is 5.97 Å². The molecule has 0 bridgehead atoms. The molecule has 1 unspecified atom stereocenters. The van der Waals surface area contributed by atoms with E-state index in [2.05, 4.69) is 48.5 Å². The van der Waals surface area contributed by atoms with E-state index in [1.165, 1.54) is 0 Å². The number of fused-ring (bicyclic) bond motifs is 1. The minimum absolute atomic E-state index is 0.0622. The van der Waals surface area contributed by atoms with E-state index in [0.29, 0.717) is 0 Å². The first-order valence-electron chi connectivity index (χ1n) is 14.0. The Morgan fingerprint density at radius 3 is 2.50 bits per heavy atom. The van der Waals surface area contributed by atoms with Crippen molar-refractivity contribution >= 4 is 41.7 Å². The molecule has 1 saturated carbocycles. The molecule has 5 heteroatoms. The van der Waals surface area contributed by atoms with Gasteiger partial charge in [-0.15, -0.1) is 0 Å². The van der Waals surface area contributed by atoms with E-state index < -0.39 is 11.6 Å². The zero-order chi connectivity index (χ0) is 28.3. The molecule has 4 nitrogen and oxygen atoms in total. The van der Waals surface area contributed by atoms with Crippen LogP contribution in [0.3, 0.4) is 0 Å². The normalized spacial score (nSPS) is 16.2. The van der Waals surface area contributed by atoms with Crippen molar-refractivity contribution in [2.45, 2.75) is 62.7 Å². The Balaban J connectivity index is 1.43. The molecule has 1 aliphatic carbocycles. The van der Waals surface area contributed by atoms with E-state index in [0.717, 1.165) is 64.5 Å². The van der Waals surface area contributed by atoms with E-state index in [1.807, 2.05) is 62.4 Å². The van der Waals surface area contributed by atoms with Crippen LogP contribution in [0.15, 0.2) is 84.9 Å². The zero-order valence-electron chi connectivity index (χ0n) is 23.1. The topological polar surface area (TPSA) is 70.4 Å². The number of hydrogen-bond acceptors (Lipinski definition) is 4. The fourth-order valence-electron chi connectivity index (χ4n) is 5.87. The number of rotatable bonds is 11. The molecule has 2 N–H and O–H groups in total. The van der Waals surface area contributed by atoms with Crippen LogP contribution in [0.1, 0.15) is 73.4 Å². The third-order valence-corrected chi connectivity index (χ3v) is 9.12. The summed E-state index contributed by atoms with van der Waals surface area (Å²) < 4.78 is 0.